The molecular formula is C15H12N4O4. The predicted molar refractivity (Wildman–Crippen MR) is 81.9 cm³/mol. The number of carbonyl (C=O) groups is 1. The molecule has 0 bridgehead atoms. The van der Waals surface area contributed by atoms with Crippen molar-refractivity contribution in [2.24, 2.45) is 0 Å². The first-order chi connectivity index (χ1) is 10.9. The Kier molecular flexibility index (Phi) is 4.52. The van der Waals surface area contributed by atoms with E-state index in [0.29, 0.717) is 5.69 Å². The standard InChI is InChI=1S/C15H12N4O4/c1-10-3-2-4-12(5-10)17-14(20)9-18-8-13(19(22)23)6-11(7-16)15(18)21/h2-6,8H,9H2,1H3,(H,17,20). The highest BCUT2D eigenvalue weighted by Crippen LogP contribution is 2.11. The van der Waals surface area contributed by atoms with Gasteiger partial charge >= 0.3 is 0 Å². The molecular weight excluding hydrogens is 300 g/mol. The van der Waals surface area contributed by atoms with E-state index in [1.165, 1.54) is 0 Å². The van der Waals surface area contributed by atoms with Crippen LogP contribution < -0.4 is 10.9 Å². The fraction of sp³-hybridized carbons (Fsp3) is 0.133. The van der Waals surface area contributed by atoms with E-state index < -0.39 is 28.6 Å². The maximum Gasteiger partial charge on any atom is 0.287 e. The zero-order valence-corrected chi connectivity index (χ0v) is 12.1. The van der Waals surface area contributed by atoms with Crippen LogP contribution in [0.15, 0.2) is 41.3 Å². The summed E-state index contributed by atoms with van der Waals surface area (Å²) in [6.07, 6.45) is 0.943. The van der Waals surface area contributed by atoms with Gasteiger partial charge in [0.05, 0.1) is 11.1 Å². The number of aromatic nitrogens is 1. The van der Waals surface area contributed by atoms with Gasteiger partial charge in [-0.3, -0.25) is 24.3 Å². The second-order valence-electron chi connectivity index (χ2n) is 4.83. The van der Waals surface area contributed by atoms with Gasteiger partial charge in [-0.15, -0.1) is 0 Å². The Morgan fingerprint density at radius 2 is 2.17 bits per heavy atom. The number of nitrogens with zero attached hydrogens (tertiary/aromatic N) is 3. The third kappa shape index (κ3) is 3.79. The molecule has 8 nitrogen and oxygen atoms in total. The first-order valence-electron chi connectivity index (χ1n) is 6.56. The summed E-state index contributed by atoms with van der Waals surface area (Å²) in [7, 11) is 0. The molecule has 116 valence electrons. The maximum atomic E-state index is 12.0. The van der Waals surface area contributed by atoms with E-state index in [1.807, 2.05) is 13.0 Å². The number of aryl methyl sites for hydroxylation is 1. The van der Waals surface area contributed by atoms with Gasteiger partial charge in [0.25, 0.3) is 11.2 Å². The zero-order valence-electron chi connectivity index (χ0n) is 12.1. The molecule has 23 heavy (non-hydrogen) atoms. The Bertz CT molecular complexity index is 880. The van der Waals surface area contributed by atoms with Gasteiger partial charge in [0.2, 0.25) is 5.91 Å². The number of pyridine rings is 1. The van der Waals surface area contributed by atoms with Crippen molar-refractivity contribution >= 4 is 17.3 Å². The molecule has 0 saturated heterocycles. The van der Waals surface area contributed by atoms with Crippen LogP contribution in [0.2, 0.25) is 0 Å². The molecule has 1 aromatic carbocycles. The molecule has 0 unspecified atom stereocenters. The SMILES string of the molecule is Cc1cccc(NC(=O)Cn2cc([N+](=O)[O-])cc(C#N)c2=O)c1. The summed E-state index contributed by atoms with van der Waals surface area (Å²) in [6.45, 7) is 1.43. The molecule has 1 aromatic heterocycles. The zero-order chi connectivity index (χ0) is 17.0. The van der Waals surface area contributed by atoms with Crippen LogP contribution in [0.1, 0.15) is 11.1 Å². The highest BCUT2D eigenvalue weighted by atomic mass is 16.6. The van der Waals surface area contributed by atoms with Crippen molar-refractivity contribution < 1.29 is 9.72 Å². The van der Waals surface area contributed by atoms with Gasteiger partial charge in [-0.2, -0.15) is 5.26 Å². The van der Waals surface area contributed by atoms with E-state index in [2.05, 4.69) is 5.32 Å². The van der Waals surface area contributed by atoms with Crippen LogP contribution in [-0.2, 0) is 11.3 Å². The third-order valence-electron chi connectivity index (χ3n) is 3.02. The number of nitro groups is 1. The molecule has 0 saturated carbocycles. The van der Waals surface area contributed by atoms with Gasteiger partial charge < -0.3 is 5.32 Å². The Morgan fingerprint density at radius 1 is 1.43 bits per heavy atom. The van der Waals surface area contributed by atoms with Crippen molar-refractivity contribution in [3.63, 3.8) is 0 Å². The molecule has 0 fully saturated rings. The average molecular weight is 312 g/mol. The Hall–Kier alpha value is -3.47. The Morgan fingerprint density at radius 3 is 2.78 bits per heavy atom. The Labute approximate surface area is 130 Å². The molecule has 2 aromatic rings. The first kappa shape index (κ1) is 15.9. The Balaban J connectivity index is 2.27. The van der Waals surface area contributed by atoms with Crippen molar-refractivity contribution in [1.29, 1.82) is 5.26 Å². The summed E-state index contributed by atoms with van der Waals surface area (Å²) >= 11 is 0. The van der Waals surface area contributed by atoms with Crippen LogP contribution in [0.4, 0.5) is 11.4 Å². The molecule has 0 spiro atoms. The molecule has 0 aliphatic carbocycles. The molecule has 1 N–H and O–H groups in total. The van der Waals surface area contributed by atoms with Crippen LogP contribution >= 0.6 is 0 Å². The first-order valence-corrected chi connectivity index (χ1v) is 6.56. The van der Waals surface area contributed by atoms with Crippen molar-refractivity contribution in [2.75, 3.05) is 5.32 Å². The van der Waals surface area contributed by atoms with E-state index in [1.54, 1.807) is 24.3 Å². The molecule has 0 aliphatic heterocycles. The summed E-state index contributed by atoms with van der Waals surface area (Å²) in [4.78, 5) is 34.1. The average Bonchev–Trinajstić information content (AvgIpc) is 2.49. The molecule has 1 amide bonds. The lowest BCUT2D eigenvalue weighted by molar-refractivity contribution is -0.385. The maximum absolute atomic E-state index is 12.0. The number of hydrogen-bond acceptors (Lipinski definition) is 5. The van der Waals surface area contributed by atoms with E-state index in [9.17, 15) is 19.7 Å². The van der Waals surface area contributed by atoms with E-state index in [4.69, 9.17) is 5.26 Å². The normalized spacial score (nSPS) is 9.91. The van der Waals surface area contributed by atoms with E-state index in [-0.39, 0.29) is 5.56 Å². The van der Waals surface area contributed by atoms with Crippen molar-refractivity contribution in [3.05, 3.63) is 68.1 Å². The van der Waals surface area contributed by atoms with E-state index >= 15 is 0 Å². The van der Waals surface area contributed by atoms with Crippen LogP contribution in [-0.4, -0.2) is 15.4 Å². The van der Waals surface area contributed by atoms with Crippen molar-refractivity contribution in [1.82, 2.24) is 4.57 Å². The number of anilines is 1. The summed E-state index contributed by atoms with van der Waals surface area (Å²) in [5.41, 5.74) is -0.0689. The van der Waals surface area contributed by atoms with Gasteiger partial charge in [0.15, 0.2) is 0 Å². The van der Waals surface area contributed by atoms with Crippen LogP contribution in [0.5, 0.6) is 0 Å². The number of rotatable bonds is 4. The van der Waals surface area contributed by atoms with Crippen LogP contribution in [0.25, 0.3) is 0 Å². The monoisotopic (exact) mass is 312 g/mol. The third-order valence-corrected chi connectivity index (χ3v) is 3.02. The number of nitriles is 1. The summed E-state index contributed by atoms with van der Waals surface area (Å²) in [5, 5.41) is 22.3. The van der Waals surface area contributed by atoms with Crippen molar-refractivity contribution in [2.45, 2.75) is 13.5 Å². The number of benzene rings is 1. The molecule has 0 atom stereocenters. The number of carbonyl (C=O) groups excluding carboxylic acids is 1. The highest BCUT2D eigenvalue weighted by molar-refractivity contribution is 5.90. The topological polar surface area (TPSA) is 118 Å². The predicted octanol–water partition coefficient (Wildman–Crippen LogP) is 1.58. The molecule has 2 rings (SSSR count). The lowest BCUT2D eigenvalue weighted by atomic mass is 10.2. The van der Waals surface area contributed by atoms with Gasteiger partial charge in [0, 0.05) is 11.8 Å². The number of nitrogens with one attached hydrogen (secondary N) is 1. The summed E-state index contributed by atoms with van der Waals surface area (Å²) < 4.78 is 0.849. The largest absolute Gasteiger partial charge is 0.325 e. The number of hydrogen-bond donors (Lipinski definition) is 1. The molecule has 0 aliphatic rings. The lowest BCUT2D eigenvalue weighted by Crippen LogP contribution is -2.29. The highest BCUT2D eigenvalue weighted by Gasteiger charge is 2.15. The van der Waals surface area contributed by atoms with Gasteiger partial charge in [-0.05, 0) is 24.6 Å². The minimum Gasteiger partial charge on any atom is -0.325 e. The second kappa shape index (κ2) is 6.53. The quantitative estimate of drug-likeness (QED) is 0.679. The van der Waals surface area contributed by atoms with Crippen LogP contribution in [0.3, 0.4) is 0 Å². The lowest BCUT2D eigenvalue weighted by Gasteiger charge is -2.08. The number of amides is 1. The molecule has 1 heterocycles. The van der Waals surface area contributed by atoms with Gasteiger partial charge in [-0.25, -0.2) is 0 Å². The van der Waals surface area contributed by atoms with Gasteiger partial charge in [0.1, 0.15) is 18.2 Å². The minimum absolute atomic E-state index is 0.387. The minimum atomic E-state index is -0.752. The second-order valence-corrected chi connectivity index (χ2v) is 4.83. The van der Waals surface area contributed by atoms with Crippen LogP contribution in [0, 0.1) is 28.4 Å². The van der Waals surface area contributed by atoms with E-state index in [0.717, 1.165) is 22.4 Å². The molecule has 0 radical (unpaired) electrons. The van der Waals surface area contributed by atoms with Crippen molar-refractivity contribution in [3.8, 4) is 6.07 Å². The fourth-order valence-electron chi connectivity index (χ4n) is 2.00. The van der Waals surface area contributed by atoms with Gasteiger partial charge in [-0.1, -0.05) is 12.1 Å². The smallest absolute Gasteiger partial charge is 0.287 e. The fourth-order valence-corrected chi connectivity index (χ4v) is 2.00. The summed E-state index contributed by atoms with van der Waals surface area (Å²) in [6, 6.07) is 9.53. The molecule has 8 heteroatoms. The summed E-state index contributed by atoms with van der Waals surface area (Å²) in [5.74, 6) is -0.526.